The minimum absolute atomic E-state index is 0. The van der Waals surface area contributed by atoms with E-state index in [1.165, 1.54) is 22.3 Å². The standard InChI is InChI=1S/C63H62N3O.Pt/c1-11-63(9,10)50-29-30-57(54(39-50)45-21-16-13-17-22-45)66-58-24-18-23-52(59(58)65-61(66)55-37-47(40(2)3)36-53(41(4)5)60(55)67)48-33-49(35-51(34-48)62(6,7)8)56-38-46(31-32-64-56)44-27-25-43(26-28-44)42-19-14-12-15-20-42;/h12-32,34-41,67H,11H2,1-10H3;/q-1;. The number of fused-ring (bicyclic) bond motifs is 1. The maximum absolute atomic E-state index is 12.4. The van der Waals surface area contributed by atoms with Gasteiger partial charge >= 0.3 is 0 Å². The Morgan fingerprint density at radius 3 is 1.84 bits per heavy atom. The molecular formula is C63H62N3OPt-. The second-order valence-electron chi connectivity index (χ2n) is 20.4. The molecule has 68 heavy (non-hydrogen) atoms. The molecular weight excluding hydrogens is 1010 g/mol. The summed E-state index contributed by atoms with van der Waals surface area (Å²) in [6.07, 6.45) is 2.91. The number of rotatable bonds is 11. The van der Waals surface area contributed by atoms with E-state index in [-0.39, 0.29) is 49.5 Å². The van der Waals surface area contributed by atoms with Crippen LogP contribution in [0.4, 0.5) is 0 Å². The number of para-hydroxylation sites is 1. The molecule has 0 aliphatic carbocycles. The normalized spacial score (nSPS) is 11.9. The predicted octanol–water partition coefficient (Wildman–Crippen LogP) is 17.2. The van der Waals surface area contributed by atoms with Crippen molar-refractivity contribution in [2.45, 2.75) is 98.3 Å². The van der Waals surface area contributed by atoms with E-state index >= 15 is 0 Å². The van der Waals surface area contributed by atoms with Crippen molar-refractivity contribution in [3.05, 3.63) is 192 Å². The molecule has 5 heteroatoms. The number of aromatic hydroxyl groups is 1. The number of hydrogen-bond acceptors (Lipinski definition) is 3. The molecule has 9 aromatic rings. The van der Waals surface area contributed by atoms with Crippen molar-refractivity contribution in [2.24, 2.45) is 0 Å². The molecule has 0 atom stereocenters. The molecule has 0 amide bonds. The summed E-state index contributed by atoms with van der Waals surface area (Å²) in [5.74, 6) is 1.32. The minimum Gasteiger partial charge on any atom is -0.507 e. The molecule has 0 saturated carbocycles. The smallest absolute Gasteiger partial charge is 0.148 e. The zero-order valence-corrected chi connectivity index (χ0v) is 43.3. The summed E-state index contributed by atoms with van der Waals surface area (Å²) < 4.78 is 2.29. The summed E-state index contributed by atoms with van der Waals surface area (Å²) in [7, 11) is 0. The number of benzene rings is 7. The van der Waals surface area contributed by atoms with E-state index in [0.717, 1.165) is 84.5 Å². The van der Waals surface area contributed by atoms with Gasteiger partial charge < -0.3 is 5.11 Å². The third-order valence-corrected chi connectivity index (χ3v) is 13.8. The van der Waals surface area contributed by atoms with Crippen molar-refractivity contribution < 1.29 is 26.2 Å². The monoisotopic (exact) mass is 1070 g/mol. The number of nitrogens with zero attached hydrogens (tertiary/aromatic N) is 3. The van der Waals surface area contributed by atoms with Gasteiger partial charge in [-0.15, -0.1) is 29.3 Å². The quantitative estimate of drug-likeness (QED) is 0.131. The van der Waals surface area contributed by atoms with Gasteiger partial charge in [0.15, 0.2) is 0 Å². The van der Waals surface area contributed by atoms with Crippen LogP contribution in [0.25, 0.3) is 83.9 Å². The number of phenols is 1. The zero-order valence-electron chi connectivity index (χ0n) is 41.1. The van der Waals surface area contributed by atoms with Gasteiger partial charge in [-0.3, -0.25) is 9.55 Å². The van der Waals surface area contributed by atoms with E-state index in [1.807, 2.05) is 12.3 Å². The van der Waals surface area contributed by atoms with Crippen LogP contribution < -0.4 is 0 Å². The molecule has 7 aromatic carbocycles. The molecule has 0 spiro atoms. The zero-order chi connectivity index (χ0) is 47.2. The largest absolute Gasteiger partial charge is 0.507 e. The van der Waals surface area contributed by atoms with E-state index in [9.17, 15) is 5.11 Å². The number of aromatic nitrogens is 3. The molecule has 0 aliphatic rings. The molecule has 9 rings (SSSR count). The molecule has 4 nitrogen and oxygen atoms in total. The molecule has 346 valence electrons. The number of imidazole rings is 1. The predicted molar refractivity (Wildman–Crippen MR) is 282 cm³/mol. The van der Waals surface area contributed by atoms with E-state index in [2.05, 4.69) is 232 Å². The SMILES string of the molecule is CCC(C)(C)c1ccc(-n2c(-c3cc(C(C)C)cc(C(C)C)c3O)nc3c(-c4[c-]c(-c5cc(-c6ccc(-c7ccccc7)cc6)ccn5)cc(C(C)(C)C)c4)cccc32)c(-c2ccccc2)c1.[Pt]. The summed E-state index contributed by atoms with van der Waals surface area (Å²) in [4.78, 5) is 10.6. The Labute approximate surface area is 418 Å². The molecule has 1 N–H and O–H groups in total. The summed E-state index contributed by atoms with van der Waals surface area (Å²) in [6, 6.07) is 60.3. The Morgan fingerprint density at radius 2 is 1.21 bits per heavy atom. The summed E-state index contributed by atoms with van der Waals surface area (Å²) in [5.41, 5.74) is 18.4. The van der Waals surface area contributed by atoms with E-state index in [0.29, 0.717) is 5.82 Å². The Balaban J connectivity index is 0.00000625. The molecule has 0 aliphatic heterocycles. The first kappa shape index (κ1) is 48.1. The van der Waals surface area contributed by atoms with Gasteiger partial charge in [-0.1, -0.05) is 196 Å². The molecule has 0 saturated heterocycles. The van der Waals surface area contributed by atoms with Gasteiger partial charge in [0.25, 0.3) is 0 Å². The summed E-state index contributed by atoms with van der Waals surface area (Å²) in [6.45, 7) is 22.4. The maximum Gasteiger partial charge on any atom is 0.148 e. The van der Waals surface area contributed by atoms with Crippen LogP contribution >= 0.6 is 0 Å². The van der Waals surface area contributed by atoms with Crippen molar-refractivity contribution >= 4 is 11.0 Å². The second-order valence-corrected chi connectivity index (χ2v) is 20.4. The van der Waals surface area contributed by atoms with Crippen LogP contribution in [0, 0.1) is 6.07 Å². The van der Waals surface area contributed by atoms with Crippen LogP contribution in [0.3, 0.4) is 0 Å². The van der Waals surface area contributed by atoms with Gasteiger partial charge in [0.2, 0.25) is 0 Å². The fourth-order valence-corrected chi connectivity index (χ4v) is 9.10. The van der Waals surface area contributed by atoms with Gasteiger partial charge in [0.1, 0.15) is 11.6 Å². The average Bonchev–Trinajstić information content (AvgIpc) is 3.73. The van der Waals surface area contributed by atoms with Crippen molar-refractivity contribution in [3.8, 4) is 78.6 Å². The first-order valence-corrected chi connectivity index (χ1v) is 23.9. The van der Waals surface area contributed by atoms with Gasteiger partial charge in [0.05, 0.1) is 22.3 Å². The molecule has 0 unspecified atom stereocenters. The van der Waals surface area contributed by atoms with Gasteiger partial charge in [-0.2, -0.15) is 0 Å². The van der Waals surface area contributed by atoms with Crippen molar-refractivity contribution in [3.63, 3.8) is 0 Å². The Kier molecular flexibility index (Phi) is 13.7. The maximum atomic E-state index is 12.4. The fraction of sp³-hybridized carbons (Fsp3) is 0.238. The van der Waals surface area contributed by atoms with E-state index in [4.69, 9.17) is 9.97 Å². The molecule has 2 heterocycles. The van der Waals surface area contributed by atoms with E-state index < -0.39 is 0 Å². The Hall–Kier alpha value is -6.35. The van der Waals surface area contributed by atoms with Crippen LogP contribution in [0.1, 0.15) is 110 Å². The first-order valence-electron chi connectivity index (χ1n) is 23.9. The average molecular weight is 1070 g/mol. The van der Waals surface area contributed by atoms with Crippen molar-refractivity contribution in [1.82, 2.24) is 14.5 Å². The molecule has 0 radical (unpaired) electrons. The molecule has 2 aromatic heterocycles. The first-order chi connectivity index (χ1) is 32.1. The van der Waals surface area contributed by atoms with Gasteiger partial charge in [-0.25, -0.2) is 4.98 Å². The Bertz CT molecular complexity index is 3230. The second kappa shape index (κ2) is 19.3. The van der Waals surface area contributed by atoms with Crippen LogP contribution in [0.15, 0.2) is 164 Å². The number of phenolic OH excluding ortho intramolecular Hbond substituents is 1. The van der Waals surface area contributed by atoms with Crippen molar-refractivity contribution in [2.75, 3.05) is 0 Å². The topological polar surface area (TPSA) is 50.9 Å². The number of pyridine rings is 1. The van der Waals surface area contributed by atoms with E-state index in [1.54, 1.807) is 0 Å². The molecule has 0 bridgehead atoms. The summed E-state index contributed by atoms with van der Waals surface area (Å²) in [5, 5.41) is 12.4. The van der Waals surface area contributed by atoms with Crippen LogP contribution in [-0.2, 0) is 31.9 Å². The van der Waals surface area contributed by atoms with Gasteiger partial charge in [0, 0.05) is 38.5 Å². The fourth-order valence-electron chi connectivity index (χ4n) is 9.10. The number of hydrogen-bond donors (Lipinski definition) is 1. The summed E-state index contributed by atoms with van der Waals surface area (Å²) >= 11 is 0. The third kappa shape index (κ3) is 9.41. The van der Waals surface area contributed by atoms with Gasteiger partial charge in [-0.05, 0) is 104 Å². The minimum atomic E-state index is -0.170. The van der Waals surface area contributed by atoms with Crippen molar-refractivity contribution in [1.29, 1.82) is 0 Å². The third-order valence-electron chi connectivity index (χ3n) is 13.8. The van der Waals surface area contributed by atoms with Crippen LogP contribution in [-0.4, -0.2) is 19.6 Å². The van der Waals surface area contributed by atoms with Crippen LogP contribution in [0.5, 0.6) is 5.75 Å². The Morgan fingerprint density at radius 1 is 0.574 bits per heavy atom. The molecule has 0 fully saturated rings. The van der Waals surface area contributed by atoms with Crippen LogP contribution in [0.2, 0.25) is 0 Å².